The van der Waals surface area contributed by atoms with Gasteiger partial charge in [-0.3, -0.25) is 4.90 Å². The molecule has 4 aromatic rings. The van der Waals surface area contributed by atoms with E-state index in [0.29, 0.717) is 24.1 Å². The van der Waals surface area contributed by atoms with Crippen LogP contribution in [0.15, 0.2) is 66.9 Å². The third-order valence-corrected chi connectivity index (χ3v) is 6.82. The number of hydrogen-bond donors (Lipinski definition) is 2. The summed E-state index contributed by atoms with van der Waals surface area (Å²) in [6, 6.07) is 20.0. The topological polar surface area (TPSA) is 88.6 Å². The van der Waals surface area contributed by atoms with E-state index in [2.05, 4.69) is 58.7 Å². The Morgan fingerprint density at radius 1 is 1.05 bits per heavy atom. The van der Waals surface area contributed by atoms with Crippen LogP contribution in [0, 0.1) is 0 Å². The highest BCUT2D eigenvalue weighted by molar-refractivity contribution is 5.99. The predicted octanol–water partition coefficient (Wildman–Crippen LogP) is 7.63. The molecule has 0 saturated carbocycles. The van der Waals surface area contributed by atoms with Crippen molar-refractivity contribution in [1.82, 2.24) is 9.97 Å². The zero-order valence-corrected chi connectivity index (χ0v) is 23.3. The van der Waals surface area contributed by atoms with Gasteiger partial charge in [0.2, 0.25) is 11.8 Å². The predicted molar refractivity (Wildman–Crippen MR) is 157 cm³/mol. The molecule has 2 heterocycles. The minimum Gasteiger partial charge on any atom is -0.443 e. The van der Waals surface area contributed by atoms with Gasteiger partial charge in [0.1, 0.15) is 5.60 Å². The van der Waals surface area contributed by atoms with E-state index in [1.54, 1.807) is 24.2 Å². The number of amides is 1. The zero-order valence-electron chi connectivity index (χ0n) is 23.3. The summed E-state index contributed by atoms with van der Waals surface area (Å²) in [5, 5.41) is 8.60. The molecule has 2 N–H and O–H groups in total. The van der Waals surface area contributed by atoms with E-state index in [-0.39, 0.29) is 11.5 Å². The minimum atomic E-state index is -0.580. The van der Waals surface area contributed by atoms with Gasteiger partial charge < -0.3 is 20.1 Å². The first kappa shape index (κ1) is 26.3. The molecule has 1 aliphatic rings. The lowest BCUT2D eigenvalue weighted by molar-refractivity contribution is 0.0574. The standard InChI is InChI=1S/C31H35N5O3/c1-30(2,3)39-29(37)36-18-16-31(4,5)23-13-12-21(19-24(23)36)34-27-22-10-8-7-9-20(22)11-14-25(27)38-26-15-17-33-28(32-6)35-26/h7-15,17,19,34H,16,18H2,1-6H3,(H,32,33,35). The first-order valence-corrected chi connectivity index (χ1v) is 13.2. The fourth-order valence-electron chi connectivity index (χ4n) is 4.80. The second-order valence-electron chi connectivity index (χ2n) is 11.4. The first-order valence-electron chi connectivity index (χ1n) is 13.2. The number of anilines is 4. The minimum absolute atomic E-state index is 0.0713. The van der Waals surface area contributed by atoms with Crippen molar-refractivity contribution in [2.75, 3.05) is 29.1 Å². The van der Waals surface area contributed by atoms with Crippen LogP contribution >= 0.6 is 0 Å². The summed E-state index contributed by atoms with van der Waals surface area (Å²) >= 11 is 0. The smallest absolute Gasteiger partial charge is 0.414 e. The van der Waals surface area contributed by atoms with Gasteiger partial charge in [-0.25, -0.2) is 9.78 Å². The van der Waals surface area contributed by atoms with E-state index in [0.717, 1.165) is 39.8 Å². The summed E-state index contributed by atoms with van der Waals surface area (Å²) in [6.45, 7) is 10.7. The van der Waals surface area contributed by atoms with Crippen molar-refractivity contribution in [1.29, 1.82) is 0 Å². The highest BCUT2D eigenvalue weighted by Gasteiger charge is 2.35. The van der Waals surface area contributed by atoms with Crippen LogP contribution in [0.1, 0.15) is 46.6 Å². The number of hydrogen-bond acceptors (Lipinski definition) is 7. The Morgan fingerprint density at radius 3 is 2.62 bits per heavy atom. The summed E-state index contributed by atoms with van der Waals surface area (Å²) in [5.74, 6) is 1.52. The average molecular weight is 526 g/mol. The molecule has 1 aliphatic heterocycles. The summed E-state index contributed by atoms with van der Waals surface area (Å²) in [6.07, 6.45) is 2.16. The second kappa shape index (κ2) is 10.1. The average Bonchev–Trinajstić information content (AvgIpc) is 2.89. The van der Waals surface area contributed by atoms with Crippen molar-refractivity contribution >= 4 is 39.9 Å². The molecular weight excluding hydrogens is 490 g/mol. The molecule has 1 aromatic heterocycles. The number of carbonyl (C=O) groups is 1. The number of benzene rings is 3. The third-order valence-electron chi connectivity index (χ3n) is 6.82. The maximum atomic E-state index is 13.2. The molecule has 0 fully saturated rings. The molecule has 0 saturated heterocycles. The summed E-state index contributed by atoms with van der Waals surface area (Å²) in [4.78, 5) is 23.5. The zero-order chi connectivity index (χ0) is 27.8. The van der Waals surface area contributed by atoms with Gasteiger partial charge >= 0.3 is 6.09 Å². The Hall–Kier alpha value is -4.33. The Kier molecular flexibility index (Phi) is 6.80. The molecule has 0 atom stereocenters. The Labute approximate surface area is 229 Å². The Bertz CT molecular complexity index is 1530. The quantitative estimate of drug-likeness (QED) is 0.277. The second-order valence-corrected chi connectivity index (χ2v) is 11.4. The fraction of sp³-hybridized carbons (Fsp3) is 0.323. The van der Waals surface area contributed by atoms with Gasteiger partial charge in [0, 0.05) is 36.9 Å². The van der Waals surface area contributed by atoms with Crippen molar-refractivity contribution in [3.05, 3.63) is 72.4 Å². The van der Waals surface area contributed by atoms with Gasteiger partial charge in [0.05, 0.1) is 11.4 Å². The van der Waals surface area contributed by atoms with Gasteiger partial charge in [-0.2, -0.15) is 4.98 Å². The van der Waals surface area contributed by atoms with Crippen LogP contribution in [0.3, 0.4) is 0 Å². The number of fused-ring (bicyclic) bond motifs is 2. The van der Waals surface area contributed by atoms with E-state index in [1.807, 2.05) is 51.1 Å². The van der Waals surface area contributed by atoms with E-state index < -0.39 is 5.60 Å². The number of aromatic nitrogens is 2. The fourth-order valence-corrected chi connectivity index (χ4v) is 4.80. The lowest BCUT2D eigenvalue weighted by Gasteiger charge is -2.39. The van der Waals surface area contributed by atoms with Crippen molar-refractivity contribution in [3.63, 3.8) is 0 Å². The van der Waals surface area contributed by atoms with Crippen molar-refractivity contribution in [2.45, 2.75) is 52.1 Å². The maximum absolute atomic E-state index is 13.2. The lowest BCUT2D eigenvalue weighted by Crippen LogP contribution is -2.43. The molecule has 1 amide bonds. The maximum Gasteiger partial charge on any atom is 0.414 e. The summed E-state index contributed by atoms with van der Waals surface area (Å²) in [7, 11) is 1.76. The first-order chi connectivity index (χ1) is 18.5. The molecule has 0 radical (unpaired) electrons. The molecule has 0 unspecified atom stereocenters. The van der Waals surface area contributed by atoms with Crippen LogP contribution in [0.25, 0.3) is 10.8 Å². The summed E-state index contributed by atoms with van der Waals surface area (Å²) in [5.41, 5.74) is 2.95. The van der Waals surface area contributed by atoms with Gasteiger partial charge in [-0.15, -0.1) is 0 Å². The van der Waals surface area contributed by atoms with Crippen LogP contribution in [0.5, 0.6) is 11.6 Å². The highest BCUT2D eigenvalue weighted by atomic mass is 16.6. The molecule has 0 aliphatic carbocycles. The third kappa shape index (κ3) is 5.60. The number of rotatable bonds is 5. The number of ether oxygens (including phenoxy) is 2. The highest BCUT2D eigenvalue weighted by Crippen LogP contribution is 2.43. The van der Waals surface area contributed by atoms with Crippen molar-refractivity contribution in [2.24, 2.45) is 0 Å². The molecule has 3 aromatic carbocycles. The van der Waals surface area contributed by atoms with Crippen LogP contribution in [0.4, 0.5) is 27.8 Å². The van der Waals surface area contributed by atoms with Crippen molar-refractivity contribution in [3.8, 4) is 11.6 Å². The summed E-state index contributed by atoms with van der Waals surface area (Å²) < 4.78 is 12.0. The normalized spacial score (nSPS) is 14.5. The van der Waals surface area contributed by atoms with Gasteiger partial charge in [-0.05, 0) is 61.8 Å². The van der Waals surface area contributed by atoms with Gasteiger partial charge in [0.25, 0.3) is 0 Å². The lowest BCUT2D eigenvalue weighted by atomic mass is 9.77. The Morgan fingerprint density at radius 2 is 1.85 bits per heavy atom. The number of carbonyl (C=O) groups excluding carboxylic acids is 1. The number of nitrogens with zero attached hydrogens (tertiary/aromatic N) is 3. The van der Waals surface area contributed by atoms with E-state index in [9.17, 15) is 4.79 Å². The molecule has 202 valence electrons. The number of nitrogens with one attached hydrogen (secondary N) is 2. The largest absolute Gasteiger partial charge is 0.443 e. The molecule has 8 heteroatoms. The SMILES string of the molecule is CNc1nccc(Oc2ccc3ccccc3c2Nc2ccc3c(c2)N(C(=O)OC(C)(C)C)CCC3(C)C)n1. The van der Waals surface area contributed by atoms with Gasteiger partial charge in [0.15, 0.2) is 5.75 Å². The molecule has 39 heavy (non-hydrogen) atoms. The monoisotopic (exact) mass is 525 g/mol. The molecule has 8 nitrogen and oxygen atoms in total. The molecule has 0 spiro atoms. The van der Waals surface area contributed by atoms with Crippen LogP contribution in [-0.4, -0.2) is 35.3 Å². The molecular formula is C31H35N5O3. The Balaban J connectivity index is 1.56. The van der Waals surface area contributed by atoms with E-state index >= 15 is 0 Å². The molecule has 0 bridgehead atoms. The van der Waals surface area contributed by atoms with E-state index in [1.165, 1.54) is 0 Å². The van der Waals surface area contributed by atoms with Gasteiger partial charge in [-0.1, -0.05) is 50.2 Å². The van der Waals surface area contributed by atoms with Crippen molar-refractivity contribution < 1.29 is 14.3 Å². The van der Waals surface area contributed by atoms with Crippen LogP contribution in [-0.2, 0) is 10.2 Å². The molecule has 5 rings (SSSR count). The van der Waals surface area contributed by atoms with Crippen LogP contribution in [0.2, 0.25) is 0 Å². The van der Waals surface area contributed by atoms with E-state index in [4.69, 9.17) is 9.47 Å². The van der Waals surface area contributed by atoms with Crippen LogP contribution < -0.4 is 20.3 Å².